The van der Waals surface area contributed by atoms with Crippen molar-refractivity contribution in [3.8, 4) is 0 Å². The quantitative estimate of drug-likeness (QED) is 0.862. The second-order valence-corrected chi connectivity index (χ2v) is 6.33. The van der Waals surface area contributed by atoms with E-state index in [1.807, 2.05) is 13.8 Å². The molecule has 0 aliphatic heterocycles. The molecule has 6 nitrogen and oxygen atoms in total. The molecule has 0 aromatic carbocycles. The minimum Gasteiger partial charge on any atom is -0.383 e. The highest BCUT2D eigenvalue weighted by molar-refractivity contribution is 5.61. The zero-order chi connectivity index (χ0) is 15.0. The van der Waals surface area contributed by atoms with E-state index in [9.17, 15) is 9.59 Å². The normalized spacial score (nSPS) is 21.9. The van der Waals surface area contributed by atoms with Gasteiger partial charge in [-0.3, -0.25) is 13.9 Å². The van der Waals surface area contributed by atoms with Crippen LogP contribution in [0.3, 0.4) is 0 Å². The van der Waals surface area contributed by atoms with Crippen molar-refractivity contribution in [1.82, 2.24) is 9.13 Å². The van der Waals surface area contributed by atoms with Crippen molar-refractivity contribution < 1.29 is 0 Å². The van der Waals surface area contributed by atoms with Gasteiger partial charge in [0, 0.05) is 19.6 Å². The molecule has 1 aliphatic carbocycles. The molecular weight excluding hydrogens is 256 g/mol. The Hall–Kier alpha value is -1.72. The number of nitrogens with zero attached hydrogens (tertiary/aromatic N) is 2. The van der Waals surface area contributed by atoms with Gasteiger partial charge in [0.1, 0.15) is 11.5 Å². The van der Waals surface area contributed by atoms with Gasteiger partial charge in [0.05, 0.1) is 0 Å². The van der Waals surface area contributed by atoms with Crippen molar-refractivity contribution in [3.63, 3.8) is 0 Å². The first-order chi connectivity index (χ1) is 9.31. The number of anilines is 2. The molecule has 3 N–H and O–H groups in total. The Labute approximate surface area is 118 Å². The molecule has 0 atom stereocenters. The van der Waals surface area contributed by atoms with Crippen LogP contribution in [0.5, 0.6) is 0 Å². The number of hydrogen-bond acceptors (Lipinski definition) is 4. The van der Waals surface area contributed by atoms with Crippen LogP contribution in [0.2, 0.25) is 0 Å². The molecule has 0 unspecified atom stereocenters. The molecule has 0 spiro atoms. The molecule has 0 saturated heterocycles. The molecule has 6 heteroatoms. The number of nitrogens with one attached hydrogen (secondary N) is 1. The summed E-state index contributed by atoms with van der Waals surface area (Å²) in [6, 6.07) is 0.282. The van der Waals surface area contributed by atoms with Crippen molar-refractivity contribution in [3.05, 3.63) is 20.8 Å². The lowest BCUT2D eigenvalue weighted by molar-refractivity contribution is 0.308. The summed E-state index contributed by atoms with van der Waals surface area (Å²) in [5, 5.41) is 3.21. The van der Waals surface area contributed by atoms with Crippen molar-refractivity contribution in [2.45, 2.75) is 46.2 Å². The second-order valence-electron chi connectivity index (χ2n) is 6.33. The van der Waals surface area contributed by atoms with Gasteiger partial charge < -0.3 is 11.1 Å². The first-order valence-corrected chi connectivity index (χ1v) is 7.17. The van der Waals surface area contributed by atoms with Crippen LogP contribution in [-0.2, 0) is 13.6 Å². The third-order valence-electron chi connectivity index (χ3n) is 3.85. The van der Waals surface area contributed by atoms with E-state index < -0.39 is 0 Å². The molecular formula is C14H24N4O2. The van der Waals surface area contributed by atoms with Gasteiger partial charge in [-0.05, 0) is 24.7 Å². The standard InChI is InChI=1S/C14H24N4O2/c1-8(2)7-18-12(15)11(13(19)17(4)14(18)20)16-10-5-9(3)6-10/h8-10,16H,5-7,15H2,1-4H3. The van der Waals surface area contributed by atoms with Crippen LogP contribution in [-0.4, -0.2) is 15.2 Å². The van der Waals surface area contributed by atoms with Crippen LogP contribution in [0.15, 0.2) is 9.59 Å². The Morgan fingerprint density at radius 2 is 1.95 bits per heavy atom. The molecule has 1 heterocycles. The summed E-state index contributed by atoms with van der Waals surface area (Å²) in [5.74, 6) is 1.22. The maximum atomic E-state index is 12.2. The van der Waals surface area contributed by atoms with E-state index in [1.54, 1.807) is 0 Å². The molecule has 20 heavy (non-hydrogen) atoms. The summed E-state index contributed by atoms with van der Waals surface area (Å²) in [6.07, 6.45) is 2.07. The summed E-state index contributed by atoms with van der Waals surface area (Å²) < 4.78 is 2.61. The first kappa shape index (κ1) is 14.7. The lowest BCUT2D eigenvalue weighted by Gasteiger charge is -2.34. The lowest BCUT2D eigenvalue weighted by Crippen LogP contribution is -2.44. The summed E-state index contributed by atoms with van der Waals surface area (Å²) in [6.45, 7) is 6.71. The number of nitrogen functional groups attached to an aromatic ring is 1. The number of hydrogen-bond donors (Lipinski definition) is 2. The minimum atomic E-state index is -0.353. The van der Waals surface area contributed by atoms with Gasteiger partial charge in [-0.2, -0.15) is 0 Å². The third kappa shape index (κ3) is 2.59. The Kier molecular flexibility index (Phi) is 3.92. The largest absolute Gasteiger partial charge is 0.383 e. The fourth-order valence-corrected chi connectivity index (χ4v) is 2.68. The van der Waals surface area contributed by atoms with Crippen LogP contribution in [0.1, 0.15) is 33.6 Å². The molecule has 1 aromatic rings. The van der Waals surface area contributed by atoms with Gasteiger partial charge in [-0.15, -0.1) is 0 Å². The van der Waals surface area contributed by atoms with E-state index in [4.69, 9.17) is 5.73 Å². The molecule has 0 radical (unpaired) electrons. The molecule has 2 rings (SSSR count). The highest BCUT2D eigenvalue weighted by Crippen LogP contribution is 2.29. The SMILES string of the molecule is CC(C)Cn1c(N)c(NC2CC(C)C2)c(=O)n(C)c1=O. The van der Waals surface area contributed by atoms with Gasteiger partial charge in [0.15, 0.2) is 0 Å². The van der Waals surface area contributed by atoms with Crippen LogP contribution in [0.25, 0.3) is 0 Å². The van der Waals surface area contributed by atoms with Crippen LogP contribution in [0.4, 0.5) is 11.5 Å². The van der Waals surface area contributed by atoms with Gasteiger partial charge >= 0.3 is 5.69 Å². The average Bonchev–Trinajstić information content (AvgIpc) is 2.34. The maximum absolute atomic E-state index is 12.2. The summed E-state index contributed by atoms with van der Waals surface area (Å²) >= 11 is 0. The fourth-order valence-electron chi connectivity index (χ4n) is 2.68. The van der Waals surface area contributed by atoms with E-state index in [-0.39, 0.29) is 29.0 Å². The van der Waals surface area contributed by atoms with Gasteiger partial charge in [0.2, 0.25) is 0 Å². The Balaban J connectivity index is 2.42. The fraction of sp³-hybridized carbons (Fsp3) is 0.714. The molecule has 1 saturated carbocycles. The predicted octanol–water partition coefficient (Wildman–Crippen LogP) is 0.996. The van der Waals surface area contributed by atoms with Gasteiger partial charge in [-0.25, -0.2) is 4.79 Å². The van der Waals surface area contributed by atoms with E-state index in [1.165, 1.54) is 11.6 Å². The van der Waals surface area contributed by atoms with E-state index in [0.29, 0.717) is 18.2 Å². The molecule has 112 valence electrons. The van der Waals surface area contributed by atoms with Gasteiger partial charge in [0.25, 0.3) is 5.56 Å². The van der Waals surface area contributed by atoms with Crippen LogP contribution >= 0.6 is 0 Å². The zero-order valence-corrected chi connectivity index (χ0v) is 12.6. The van der Waals surface area contributed by atoms with Crippen LogP contribution in [0, 0.1) is 11.8 Å². The molecule has 1 fully saturated rings. The smallest absolute Gasteiger partial charge is 0.332 e. The molecule has 0 amide bonds. The highest BCUT2D eigenvalue weighted by atomic mass is 16.2. The zero-order valence-electron chi connectivity index (χ0n) is 12.6. The Morgan fingerprint density at radius 1 is 1.35 bits per heavy atom. The third-order valence-corrected chi connectivity index (χ3v) is 3.85. The monoisotopic (exact) mass is 280 g/mol. The van der Waals surface area contributed by atoms with E-state index in [0.717, 1.165) is 17.4 Å². The van der Waals surface area contributed by atoms with E-state index >= 15 is 0 Å². The highest BCUT2D eigenvalue weighted by Gasteiger charge is 2.27. The minimum absolute atomic E-state index is 0.256. The summed E-state index contributed by atoms with van der Waals surface area (Å²) in [7, 11) is 1.50. The van der Waals surface area contributed by atoms with Crippen molar-refractivity contribution in [1.29, 1.82) is 0 Å². The second kappa shape index (κ2) is 5.34. The van der Waals surface area contributed by atoms with Crippen LogP contribution < -0.4 is 22.3 Å². The Bertz CT molecular complexity index is 609. The number of rotatable bonds is 4. The number of nitrogens with two attached hydrogens (primary N) is 1. The molecule has 0 bridgehead atoms. The molecule has 1 aliphatic rings. The van der Waals surface area contributed by atoms with Crippen molar-refractivity contribution in [2.24, 2.45) is 18.9 Å². The molecule has 1 aromatic heterocycles. The van der Waals surface area contributed by atoms with Gasteiger partial charge in [-0.1, -0.05) is 20.8 Å². The summed E-state index contributed by atoms with van der Waals surface area (Å²) in [5.41, 5.74) is 5.72. The lowest BCUT2D eigenvalue weighted by atomic mass is 9.82. The summed E-state index contributed by atoms with van der Waals surface area (Å²) in [4.78, 5) is 24.4. The Morgan fingerprint density at radius 3 is 2.45 bits per heavy atom. The predicted molar refractivity (Wildman–Crippen MR) is 81.0 cm³/mol. The van der Waals surface area contributed by atoms with Crippen molar-refractivity contribution in [2.75, 3.05) is 11.1 Å². The van der Waals surface area contributed by atoms with Crippen molar-refractivity contribution >= 4 is 11.5 Å². The maximum Gasteiger partial charge on any atom is 0.332 e. The van der Waals surface area contributed by atoms with E-state index in [2.05, 4.69) is 12.2 Å². The topological polar surface area (TPSA) is 82.0 Å². The number of aromatic nitrogens is 2. The first-order valence-electron chi connectivity index (χ1n) is 7.17. The average molecular weight is 280 g/mol.